The van der Waals surface area contributed by atoms with Gasteiger partial charge in [0, 0.05) is 6.61 Å². The lowest BCUT2D eigenvalue weighted by Gasteiger charge is -2.37. The summed E-state index contributed by atoms with van der Waals surface area (Å²) in [5, 5.41) is 0. The Hall–Kier alpha value is 0.354. The third-order valence-corrected chi connectivity index (χ3v) is 10.3. The van der Waals surface area contributed by atoms with Gasteiger partial charge >= 0.3 is 0 Å². The molecule has 0 N–H and O–H groups in total. The average molecular weight is 262 g/mol. The Kier molecular flexibility index (Phi) is 7.09. The fraction of sp³-hybridized carbons (Fsp3) is 1.00. The fourth-order valence-electron chi connectivity index (χ4n) is 2.31. The molecule has 0 fully saturated rings. The van der Waals surface area contributed by atoms with Crippen LogP contribution in [-0.4, -0.2) is 40.8 Å². The van der Waals surface area contributed by atoms with E-state index in [-0.39, 0.29) is 0 Å². The van der Waals surface area contributed by atoms with E-state index in [9.17, 15) is 0 Å². The molecular formula is C12H31NOSi2. The summed E-state index contributed by atoms with van der Waals surface area (Å²) in [5.74, 6) is 0. The third kappa shape index (κ3) is 5.61. The summed E-state index contributed by atoms with van der Waals surface area (Å²) in [6.07, 6.45) is 0. The van der Waals surface area contributed by atoms with Gasteiger partial charge in [-0.2, -0.15) is 0 Å². The van der Waals surface area contributed by atoms with Crippen LogP contribution in [0.4, 0.5) is 0 Å². The van der Waals surface area contributed by atoms with Crippen LogP contribution in [0.3, 0.4) is 0 Å². The predicted molar refractivity (Wildman–Crippen MR) is 79.1 cm³/mol. The highest BCUT2D eigenvalue weighted by Gasteiger charge is 2.31. The molecule has 0 aromatic heterocycles. The first-order chi connectivity index (χ1) is 7.29. The molecule has 0 heterocycles. The lowest BCUT2D eigenvalue weighted by Crippen LogP contribution is -2.49. The van der Waals surface area contributed by atoms with Crippen LogP contribution in [0.25, 0.3) is 0 Å². The van der Waals surface area contributed by atoms with E-state index in [2.05, 4.69) is 51.5 Å². The molecule has 0 aliphatic rings. The van der Waals surface area contributed by atoms with E-state index in [0.717, 1.165) is 6.61 Å². The first-order valence-corrected chi connectivity index (χ1v) is 12.9. The Morgan fingerprint density at radius 3 is 1.75 bits per heavy atom. The Morgan fingerprint density at radius 1 is 0.875 bits per heavy atom. The second-order valence-electron chi connectivity index (χ2n) is 5.68. The monoisotopic (exact) mass is 261 g/mol. The number of rotatable bonds is 8. The summed E-state index contributed by atoms with van der Waals surface area (Å²) in [6, 6.07) is 2.70. The van der Waals surface area contributed by atoms with Gasteiger partial charge in [0.05, 0.1) is 0 Å². The molecule has 0 amide bonds. The zero-order valence-electron chi connectivity index (χ0n) is 12.4. The summed E-state index contributed by atoms with van der Waals surface area (Å²) >= 11 is 0. The quantitative estimate of drug-likeness (QED) is 0.617. The third-order valence-electron chi connectivity index (χ3n) is 3.49. The maximum Gasteiger partial charge on any atom is 0.186 e. The van der Waals surface area contributed by atoms with Gasteiger partial charge in [-0.15, -0.1) is 0 Å². The van der Waals surface area contributed by atoms with Gasteiger partial charge in [0.15, 0.2) is 8.32 Å². The molecule has 0 aliphatic heterocycles. The average Bonchev–Trinajstić information content (AvgIpc) is 2.17. The highest BCUT2D eigenvalue weighted by atomic mass is 28.4. The van der Waals surface area contributed by atoms with Crippen LogP contribution in [-0.2, 0) is 4.43 Å². The van der Waals surface area contributed by atoms with Gasteiger partial charge in [-0.25, -0.2) is 0 Å². The molecule has 0 saturated carbocycles. The zero-order valence-corrected chi connectivity index (χ0v) is 14.4. The van der Waals surface area contributed by atoms with Crippen molar-refractivity contribution in [1.29, 1.82) is 0 Å². The van der Waals surface area contributed by atoms with Gasteiger partial charge in [0.25, 0.3) is 0 Å². The first-order valence-electron chi connectivity index (χ1n) is 6.68. The minimum atomic E-state index is -1.38. The van der Waals surface area contributed by atoms with Crippen molar-refractivity contribution in [3.8, 4) is 0 Å². The molecule has 98 valence electrons. The molecular weight excluding hydrogens is 230 g/mol. The lowest BCUT2D eigenvalue weighted by atomic mass is 10.7. The molecule has 0 aromatic rings. The van der Waals surface area contributed by atoms with E-state index in [0.29, 0.717) is 0 Å². The van der Waals surface area contributed by atoms with Crippen molar-refractivity contribution in [2.75, 3.05) is 19.7 Å². The van der Waals surface area contributed by atoms with E-state index in [1.54, 1.807) is 0 Å². The van der Waals surface area contributed by atoms with E-state index in [1.807, 2.05) is 0 Å². The van der Waals surface area contributed by atoms with Gasteiger partial charge in [-0.05, 0) is 45.2 Å². The number of hydrogen-bond donors (Lipinski definition) is 0. The van der Waals surface area contributed by atoms with Gasteiger partial charge in [0.2, 0.25) is 0 Å². The van der Waals surface area contributed by atoms with Crippen molar-refractivity contribution in [2.24, 2.45) is 0 Å². The van der Waals surface area contributed by atoms with Gasteiger partial charge in [-0.3, -0.25) is 0 Å². The zero-order chi connectivity index (χ0) is 12.8. The van der Waals surface area contributed by atoms with Gasteiger partial charge in [-0.1, -0.05) is 26.9 Å². The Balaban J connectivity index is 4.26. The van der Waals surface area contributed by atoms with E-state index in [4.69, 9.17) is 4.43 Å². The largest absolute Gasteiger partial charge is 0.418 e. The normalized spacial score (nSPS) is 13.5. The second-order valence-corrected chi connectivity index (χ2v) is 14.7. The van der Waals surface area contributed by atoms with E-state index < -0.39 is 16.6 Å². The molecule has 0 atom stereocenters. The van der Waals surface area contributed by atoms with Crippen molar-refractivity contribution in [3.63, 3.8) is 0 Å². The van der Waals surface area contributed by atoms with Crippen molar-refractivity contribution in [2.45, 2.75) is 59.0 Å². The summed E-state index contributed by atoms with van der Waals surface area (Å²) in [5.41, 5.74) is 0. The maximum atomic E-state index is 5.91. The highest BCUT2D eigenvalue weighted by Crippen LogP contribution is 2.23. The van der Waals surface area contributed by atoms with Gasteiger partial charge < -0.3 is 8.99 Å². The van der Waals surface area contributed by atoms with Crippen molar-refractivity contribution >= 4 is 16.6 Å². The smallest absolute Gasteiger partial charge is 0.186 e. The number of hydrogen-bond acceptors (Lipinski definition) is 2. The summed E-state index contributed by atoms with van der Waals surface area (Å²) in [6.45, 7) is 19.7. The van der Waals surface area contributed by atoms with Crippen LogP contribution in [0.1, 0.15) is 20.8 Å². The molecule has 0 aromatic carbocycles. The van der Waals surface area contributed by atoms with Crippen LogP contribution in [0.15, 0.2) is 0 Å². The van der Waals surface area contributed by atoms with Crippen LogP contribution in [0, 0.1) is 0 Å². The van der Waals surface area contributed by atoms with Crippen molar-refractivity contribution in [3.05, 3.63) is 0 Å². The predicted octanol–water partition coefficient (Wildman–Crippen LogP) is 3.77. The molecule has 0 saturated heterocycles. The van der Waals surface area contributed by atoms with Crippen LogP contribution < -0.4 is 0 Å². The van der Waals surface area contributed by atoms with Crippen molar-refractivity contribution in [1.82, 2.24) is 4.57 Å². The van der Waals surface area contributed by atoms with Crippen LogP contribution in [0.2, 0.25) is 38.3 Å². The molecule has 0 bridgehead atoms. The van der Waals surface area contributed by atoms with Crippen LogP contribution in [0.5, 0.6) is 0 Å². The molecule has 0 radical (unpaired) electrons. The standard InChI is InChI=1S/C12H31NOSi2/c1-8-13(9-2)15(4,5)11-12-16(6,7)14-10-3/h8-12H2,1-7H3. The highest BCUT2D eigenvalue weighted by molar-refractivity contribution is 6.78. The lowest BCUT2D eigenvalue weighted by molar-refractivity contribution is 0.329. The first kappa shape index (κ1) is 16.4. The Morgan fingerprint density at radius 2 is 1.38 bits per heavy atom. The van der Waals surface area contributed by atoms with E-state index >= 15 is 0 Å². The van der Waals surface area contributed by atoms with Gasteiger partial charge in [0.1, 0.15) is 8.24 Å². The summed E-state index contributed by atoms with van der Waals surface area (Å²) in [4.78, 5) is 0. The SMILES string of the molecule is CCO[Si](C)(C)CC[Si](C)(C)N(CC)CC. The summed E-state index contributed by atoms with van der Waals surface area (Å²) in [7, 11) is -2.56. The maximum absolute atomic E-state index is 5.91. The molecule has 0 spiro atoms. The molecule has 0 rings (SSSR count). The topological polar surface area (TPSA) is 12.5 Å². The second kappa shape index (κ2) is 6.94. The van der Waals surface area contributed by atoms with Crippen molar-refractivity contribution < 1.29 is 4.43 Å². The molecule has 2 nitrogen and oxygen atoms in total. The minimum absolute atomic E-state index is 0.881. The van der Waals surface area contributed by atoms with Crippen LogP contribution >= 0.6 is 0 Å². The number of nitrogens with zero attached hydrogens (tertiary/aromatic N) is 1. The Bertz CT molecular complexity index is 191. The van der Waals surface area contributed by atoms with E-state index in [1.165, 1.54) is 25.2 Å². The molecule has 0 aliphatic carbocycles. The molecule has 0 unspecified atom stereocenters. The molecule has 4 heteroatoms. The molecule has 16 heavy (non-hydrogen) atoms. The Labute approximate surface area is 105 Å². The summed E-state index contributed by atoms with van der Waals surface area (Å²) < 4.78 is 8.60. The fourth-order valence-corrected chi connectivity index (χ4v) is 10.1. The minimum Gasteiger partial charge on any atom is -0.418 e.